The highest BCUT2D eigenvalue weighted by molar-refractivity contribution is 6.08. The Morgan fingerprint density at radius 3 is 2.52 bits per heavy atom. The van der Waals surface area contributed by atoms with E-state index >= 15 is 0 Å². The van der Waals surface area contributed by atoms with Gasteiger partial charge in [0.15, 0.2) is 0 Å². The molecule has 1 fully saturated rings. The van der Waals surface area contributed by atoms with Crippen molar-refractivity contribution in [2.24, 2.45) is 5.41 Å². The first-order valence-electron chi connectivity index (χ1n) is 7.17. The number of hydrogen-bond donors (Lipinski definition) is 3. The molecule has 0 radical (unpaired) electrons. The Balaban J connectivity index is 2.56. The van der Waals surface area contributed by atoms with E-state index < -0.39 is 11.6 Å². The van der Waals surface area contributed by atoms with Crippen molar-refractivity contribution in [1.82, 2.24) is 15.5 Å². The molecule has 1 aliphatic heterocycles. The van der Waals surface area contributed by atoms with E-state index in [-0.39, 0.29) is 30.4 Å². The molecule has 0 spiro atoms. The maximum absolute atomic E-state index is 12.1. The first kappa shape index (κ1) is 17.4. The lowest BCUT2D eigenvalue weighted by molar-refractivity contribution is -0.134. The van der Waals surface area contributed by atoms with E-state index in [2.05, 4.69) is 10.6 Å². The van der Waals surface area contributed by atoms with Crippen molar-refractivity contribution in [2.75, 3.05) is 19.7 Å². The van der Waals surface area contributed by atoms with E-state index in [0.717, 1.165) is 4.90 Å². The Bertz CT molecular complexity index is 436. The predicted octanol–water partition coefficient (Wildman–Crippen LogP) is 0.232. The lowest BCUT2D eigenvalue weighted by atomic mass is 9.90. The monoisotopic (exact) mass is 299 g/mol. The van der Waals surface area contributed by atoms with Crippen LogP contribution >= 0.6 is 0 Å². The van der Waals surface area contributed by atoms with Crippen LogP contribution in [0.4, 0.5) is 4.79 Å². The molecule has 3 N–H and O–H groups in total. The highest BCUT2D eigenvalue weighted by Crippen LogP contribution is 2.21. The van der Waals surface area contributed by atoms with Crippen LogP contribution < -0.4 is 10.6 Å². The number of carbonyl (C=O) groups is 3. The number of hydrogen-bond acceptors (Lipinski definition) is 4. The Morgan fingerprint density at radius 2 is 2.05 bits per heavy atom. The van der Waals surface area contributed by atoms with E-state index in [1.807, 2.05) is 13.8 Å². The molecule has 0 aromatic heterocycles. The highest BCUT2D eigenvalue weighted by atomic mass is 16.3. The van der Waals surface area contributed by atoms with Gasteiger partial charge >= 0.3 is 6.03 Å². The van der Waals surface area contributed by atoms with E-state index in [1.165, 1.54) is 0 Å². The summed E-state index contributed by atoms with van der Waals surface area (Å²) in [5.74, 6) is -0.760. The van der Waals surface area contributed by atoms with E-state index in [9.17, 15) is 14.4 Å². The first-order chi connectivity index (χ1) is 9.65. The number of amides is 4. The summed E-state index contributed by atoms with van der Waals surface area (Å²) in [6.07, 6.45) is 1.03. The summed E-state index contributed by atoms with van der Waals surface area (Å²) >= 11 is 0. The minimum Gasteiger partial charge on any atom is -0.396 e. The third-order valence-electron chi connectivity index (χ3n) is 3.91. The number of nitrogens with one attached hydrogen (secondary N) is 2. The van der Waals surface area contributed by atoms with E-state index in [0.29, 0.717) is 19.4 Å². The average Bonchev–Trinajstić information content (AvgIpc) is 2.61. The summed E-state index contributed by atoms with van der Waals surface area (Å²) in [5, 5.41) is 14.2. The van der Waals surface area contributed by atoms with Crippen molar-refractivity contribution in [3.8, 4) is 0 Å². The van der Waals surface area contributed by atoms with Crippen LogP contribution in [0, 0.1) is 5.41 Å². The molecule has 1 atom stereocenters. The summed E-state index contributed by atoms with van der Waals surface area (Å²) in [5.41, 5.74) is -1.16. The second-order valence-corrected chi connectivity index (χ2v) is 6.42. The van der Waals surface area contributed by atoms with E-state index in [1.54, 1.807) is 13.8 Å². The van der Waals surface area contributed by atoms with Crippen molar-refractivity contribution in [2.45, 2.75) is 46.1 Å². The fraction of sp³-hybridized carbons (Fsp3) is 0.786. The Labute approximate surface area is 125 Å². The molecule has 7 heteroatoms. The fourth-order valence-electron chi connectivity index (χ4n) is 2.06. The molecule has 1 heterocycles. The van der Waals surface area contributed by atoms with Crippen LogP contribution in [0.15, 0.2) is 0 Å². The minimum atomic E-state index is -0.923. The van der Waals surface area contributed by atoms with Crippen LogP contribution in [0.5, 0.6) is 0 Å². The van der Waals surface area contributed by atoms with Gasteiger partial charge in [-0.05, 0) is 25.2 Å². The van der Waals surface area contributed by atoms with Crippen molar-refractivity contribution in [3.63, 3.8) is 0 Å². The lowest BCUT2D eigenvalue weighted by Gasteiger charge is -2.24. The summed E-state index contributed by atoms with van der Waals surface area (Å²) in [6.45, 7) is 7.44. The number of imide groups is 1. The molecule has 0 saturated carbocycles. The molecular weight excluding hydrogens is 274 g/mol. The van der Waals surface area contributed by atoms with Crippen molar-refractivity contribution in [3.05, 3.63) is 0 Å². The molecule has 0 aliphatic carbocycles. The first-order valence-corrected chi connectivity index (χ1v) is 7.17. The van der Waals surface area contributed by atoms with Crippen LogP contribution in [-0.4, -0.2) is 53.1 Å². The zero-order valence-corrected chi connectivity index (χ0v) is 13.2. The Morgan fingerprint density at radius 1 is 1.43 bits per heavy atom. The quantitative estimate of drug-likeness (QED) is 0.586. The average molecular weight is 299 g/mol. The molecule has 0 aromatic carbocycles. The van der Waals surface area contributed by atoms with Gasteiger partial charge in [0.05, 0.1) is 0 Å². The van der Waals surface area contributed by atoms with Crippen LogP contribution in [0.1, 0.15) is 40.5 Å². The maximum atomic E-state index is 12.1. The summed E-state index contributed by atoms with van der Waals surface area (Å²) in [6, 6.07) is -0.533. The summed E-state index contributed by atoms with van der Waals surface area (Å²) in [4.78, 5) is 36.8. The van der Waals surface area contributed by atoms with Gasteiger partial charge < -0.3 is 15.7 Å². The highest BCUT2D eigenvalue weighted by Gasteiger charge is 2.46. The molecule has 0 aromatic rings. The SMILES string of the molecule is CCC1(C)NC(=O)N(CC(=O)NCC(C)(C)CCO)C1=O. The zero-order chi connectivity index (χ0) is 16.3. The third kappa shape index (κ3) is 4.17. The number of rotatable bonds is 7. The summed E-state index contributed by atoms with van der Waals surface area (Å²) in [7, 11) is 0. The smallest absolute Gasteiger partial charge is 0.325 e. The fourth-order valence-corrected chi connectivity index (χ4v) is 2.06. The van der Waals surface area contributed by atoms with Gasteiger partial charge in [-0.25, -0.2) is 4.79 Å². The number of aliphatic hydroxyl groups excluding tert-OH is 1. The third-order valence-corrected chi connectivity index (χ3v) is 3.91. The molecular formula is C14H25N3O4. The van der Waals surface area contributed by atoms with Gasteiger partial charge in [-0.1, -0.05) is 20.8 Å². The van der Waals surface area contributed by atoms with Crippen molar-refractivity contribution in [1.29, 1.82) is 0 Å². The van der Waals surface area contributed by atoms with Gasteiger partial charge in [-0.2, -0.15) is 0 Å². The maximum Gasteiger partial charge on any atom is 0.325 e. The number of aliphatic hydroxyl groups is 1. The molecule has 4 amide bonds. The van der Waals surface area contributed by atoms with Crippen LogP contribution in [0.3, 0.4) is 0 Å². The minimum absolute atomic E-state index is 0.0464. The number of urea groups is 1. The van der Waals surface area contributed by atoms with E-state index in [4.69, 9.17) is 5.11 Å². The Kier molecular flexibility index (Phi) is 5.33. The second-order valence-electron chi connectivity index (χ2n) is 6.42. The van der Waals surface area contributed by atoms with Gasteiger partial charge in [-0.3, -0.25) is 14.5 Å². The lowest BCUT2D eigenvalue weighted by Crippen LogP contribution is -2.45. The normalized spacial score (nSPS) is 22.4. The van der Waals surface area contributed by atoms with Crippen molar-refractivity contribution >= 4 is 17.8 Å². The van der Waals surface area contributed by atoms with Crippen LogP contribution in [0.2, 0.25) is 0 Å². The standard InChI is InChI=1S/C14H25N3O4/c1-5-14(4)11(20)17(12(21)16-14)8-10(19)15-9-13(2,3)6-7-18/h18H,5-9H2,1-4H3,(H,15,19)(H,16,21). The number of carbonyl (C=O) groups excluding carboxylic acids is 3. The summed E-state index contributed by atoms with van der Waals surface area (Å²) < 4.78 is 0. The molecule has 21 heavy (non-hydrogen) atoms. The number of nitrogens with zero attached hydrogens (tertiary/aromatic N) is 1. The van der Waals surface area contributed by atoms with Gasteiger partial charge in [0.25, 0.3) is 5.91 Å². The molecule has 1 rings (SSSR count). The molecule has 0 bridgehead atoms. The van der Waals surface area contributed by atoms with Gasteiger partial charge in [-0.15, -0.1) is 0 Å². The largest absolute Gasteiger partial charge is 0.396 e. The van der Waals surface area contributed by atoms with Crippen molar-refractivity contribution < 1.29 is 19.5 Å². The topological polar surface area (TPSA) is 98.7 Å². The second kappa shape index (κ2) is 6.43. The van der Waals surface area contributed by atoms with Gasteiger partial charge in [0.1, 0.15) is 12.1 Å². The molecule has 1 aliphatic rings. The van der Waals surface area contributed by atoms with Crippen LogP contribution in [0.25, 0.3) is 0 Å². The zero-order valence-electron chi connectivity index (χ0n) is 13.2. The molecule has 1 saturated heterocycles. The predicted molar refractivity (Wildman–Crippen MR) is 77.4 cm³/mol. The van der Waals surface area contributed by atoms with Crippen LogP contribution in [-0.2, 0) is 9.59 Å². The Hall–Kier alpha value is -1.63. The molecule has 7 nitrogen and oxygen atoms in total. The molecule has 120 valence electrons. The van der Waals surface area contributed by atoms with Gasteiger partial charge in [0, 0.05) is 13.2 Å². The molecule has 1 unspecified atom stereocenters. The van der Waals surface area contributed by atoms with Gasteiger partial charge in [0.2, 0.25) is 5.91 Å².